The maximum absolute atomic E-state index is 12.2. The average Bonchev–Trinajstić information content (AvgIpc) is 2.52. The maximum atomic E-state index is 12.2. The Hall–Kier alpha value is -1.69. The van der Waals surface area contributed by atoms with E-state index in [0.29, 0.717) is 19.1 Å². The second kappa shape index (κ2) is 7.73. The minimum Gasteiger partial charge on any atom is -0.444 e. The molecule has 6 nitrogen and oxygen atoms in total. The van der Waals surface area contributed by atoms with E-state index < -0.39 is 5.60 Å². The lowest BCUT2D eigenvalue weighted by molar-refractivity contribution is -0.00468. The van der Waals surface area contributed by atoms with Crippen molar-refractivity contribution in [2.45, 2.75) is 52.2 Å². The van der Waals surface area contributed by atoms with Gasteiger partial charge in [-0.15, -0.1) is 0 Å². The van der Waals surface area contributed by atoms with Crippen molar-refractivity contribution >= 4 is 6.09 Å². The van der Waals surface area contributed by atoms with E-state index in [1.807, 2.05) is 27.7 Å². The molecule has 0 N–H and O–H groups in total. The first-order chi connectivity index (χ1) is 10.8. The highest BCUT2D eigenvalue weighted by Crippen LogP contribution is 2.22. The summed E-state index contributed by atoms with van der Waals surface area (Å²) in [6, 6.07) is 0. The van der Waals surface area contributed by atoms with Gasteiger partial charge in [0.05, 0.1) is 24.6 Å². The third-order valence-corrected chi connectivity index (χ3v) is 3.75. The van der Waals surface area contributed by atoms with E-state index in [0.717, 1.165) is 25.1 Å². The molecular formula is C17H27N3O3. The van der Waals surface area contributed by atoms with Crippen LogP contribution in [-0.2, 0) is 9.47 Å². The monoisotopic (exact) mass is 321 g/mol. The Bertz CT molecular complexity index is 502. The molecule has 1 aliphatic rings. The molecule has 0 unspecified atom stereocenters. The number of ether oxygens (including phenoxy) is 2. The lowest BCUT2D eigenvalue weighted by Gasteiger charge is -2.34. The van der Waals surface area contributed by atoms with Crippen molar-refractivity contribution in [1.29, 1.82) is 0 Å². The fourth-order valence-electron chi connectivity index (χ4n) is 2.58. The Labute approximate surface area is 138 Å². The van der Waals surface area contributed by atoms with Crippen LogP contribution in [0.15, 0.2) is 18.6 Å². The highest BCUT2D eigenvalue weighted by molar-refractivity contribution is 5.68. The lowest BCUT2D eigenvalue weighted by atomic mass is 9.99. The molecule has 128 valence electrons. The molecule has 1 aromatic rings. The van der Waals surface area contributed by atoms with Crippen molar-refractivity contribution in [1.82, 2.24) is 14.9 Å². The van der Waals surface area contributed by atoms with Crippen molar-refractivity contribution in [3.8, 4) is 0 Å². The normalized spacial score (nSPS) is 20.2. The van der Waals surface area contributed by atoms with Gasteiger partial charge in [0.2, 0.25) is 0 Å². The van der Waals surface area contributed by atoms with Gasteiger partial charge >= 0.3 is 6.09 Å². The van der Waals surface area contributed by atoms with Gasteiger partial charge in [-0.3, -0.25) is 9.97 Å². The Morgan fingerprint density at radius 3 is 2.87 bits per heavy atom. The molecule has 0 aliphatic carbocycles. The summed E-state index contributed by atoms with van der Waals surface area (Å²) in [5.74, 6) is 0.329. The molecule has 2 rings (SSSR count). The van der Waals surface area contributed by atoms with Crippen LogP contribution in [0.25, 0.3) is 0 Å². The van der Waals surface area contributed by atoms with Crippen LogP contribution in [0.2, 0.25) is 0 Å². The number of hydrogen-bond acceptors (Lipinski definition) is 5. The number of piperidine rings is 1. The smallest absolute Gasteiger partial charge is 0.410 e. The van der Waals surface area contributed by atoms with Gasteiger partial charge in [-0.25, -0.2) is 4.79 Å². The number of nitrogens with zero attached hydrogens (tertiary/aromatic N) is 3. The molecule has 1 saturated heterocycles. The molecule has 0 spiro atoms. The highest BCUT2D eigenvalue weighted by atomic mass is 16.6. The van der Waals surface area contributed by atoms with Gasteiger partial charge in [-0.1, -0.05) is 0 Å². The van der Waals surface area contributed by atoms with Crippen LogP contribution >= 0.6 is 0 Å². The first-order valence-corrected chi connectivity index (χ1v) is 8.20. The van der Waals surface area contributed by atoms with Crippen molar-refractivity contribution in [3.63, 3.8) is 0 Å². The van der Waals surface area contributed by atoms with Crippen LogP contribution in [-0.4, -0.2) is 46.3 Å². The van der Waals surface area contributed by atoms with Crippen molar-refractivity contribution < 1.29 is 14.3 Å². The van der Waals surface area contributed by atoms with Gasteiger partial charge in [-0.2, -0.15) is 0 Å². The van der Waals surface area contributed by atoms with Gasteiger partial charge in [0.25, 0.3) is 0 Å². The van der Waals surface area contributed by atoms with Crippen molar-refractivity contribution in [2.24, 2.45) is 5.92 Å². The largest absolute Gasteiger partial charge is 0.444 e. The quantitative estimate of drug-likeness (QED) is 0.852. The molecule has 6 heteroatoms. The molecule has 1 aliphatic heterocycles. The summed E-state index contributed by atoms with van der Waals surface area (Å²) in [6.07, 6.45) is 6.75. The van der Waals surface area contributed by atoms with Gasteiger partial charge in [0.15, 0.2) is 0 Å². The number of carbonyl (C=O) groups excluding carboxylic acids is 1. The number of likely N-dealkylation sites (tertiary alicyclic amines) is 1. The second-order valence-electron chi connectivity index (χ2n) is 7.04. The van der Waals surface area contributed by atoms with Gasteiger partial charge < -0.3 is 14.4 Å². The molecule has 23 heavy (non-hydrogen) atoms. The van der Waals surface area contributed by atoms with Crippen LogP contribution in [0.5, 0.6) is 0 Å². The molecule has 2 heterocycles. The van der Waals surface area contributed by atoms with Crippen molar-refractivity contribution in [2.75, 3.05) is 19.7 Å². The second-order valence-corrected chi connectivity index (χ2v) is 7.04. The van der Waals surface area contributed by atoms with Gasteiger partial charge in [-0.05, 0) is 40.5 Å². The van der Waals surface area contributed by atoms with E-state index in [1.165, 1.54) is 0 Å². The van der Waals surface area contributed by atoms with Gasteiger partial charge in [0.1, 0.15) is 5.60 Å². The average molecular weight is 321 g/mol. The molecule has 0 radical (unpaired) electrons. The molecule has 0 bridgehead atoms. The predicted octanol–water partition coefficient (Wildman–Crippen LogP) is 3.20. The maximum Gasteiger partial charge on any atom is 0.410 e. The Morgan fingerprint density at radius 1 is 1.43 bits per heavy atom. The van der Waals surface area contributed by atoms with Crippen molar-refractivity contribution in [3.05, 3.63) is 24.3 Å². The standard InChI is InChI=1S/C17H27N3O3/c1-13(15-10-18-7-8-19-15)22-12-14-6-5-9-20(11-14)16(21)23-17(2,3)4/h7-8,10,13-14H,5-6,9,11-12H2,1-4H3/t13-,14+/m0/s1. The minimum atomic E-state index is -0.457. The van der Waals surface area contributed by atoms with Crippen LogP contribution in [0.4, 0.5) is 4.79 Å². The summed E-state index contributed by atoms with van der Waals surface area (Å²) in [5.41, 5.74) is 0.369. The lowest BCUT2D eigenvalue weighted by Crippen LogP contribution is -2.43. The molecule has 0 saturated carbocycles. The molecular weight excluding hydrogens is 294 g/mol. The fraction of sp³-hybridized carbons (Fsp3) is 0.706. The number of aromatic nitrogens is 2. The number of carbonyl (C=O) groups is 1. The summed E-state index contributed by atoms with van der Waals surface area (Å²) in [7, 11) is 0. The van der Waals surface area contributed by atoms with Crippen LogP contribution < -0.4 is 0 Å². The minimum absolute atomic E-state index is 0.0967. The highest BCUT2D eigenvalue weighted by Gasteiger charge is 2.28. The first kappa shape index (κ1) is 17.7. The SMILES string of the molecule is C[C@H](OC[C@@H]1CCCN(C(=O)OC(C)(C)C)C1)c1cnccn1. The third-order valence-electron chi connectivity index (χ3n) is 3.75. The molecule has 1 fully saturated rings. The van der Waals surface area contributed by atoms with E-state index in [-0.39, 0.29) is 12.2 Å². The zero-order chi connectivity index (χ0) is 16.9. The fourth-order valence-corrected chi connectivity index (χ4v) is 2.58. The van der Waals surface area contributed by atoms with Gasteiger partial charge in [0, 0.05) is 31.4 Å². The van der Waals surface area contributed by atoms with Crippen LogP contribution in [0.3, 0.4) is 0 Å². The van der Waals surface area contributed by atoms with E-state index in [4.69, 9.17) is 9.47 Å². The van der Waals surface area contributed by atoms with Crippen LogP contribution in [0, 0.1) is 5.92 Å². The molecule has 0 aromatic carbocycles. The number of hydrogen-bond donors (Lipinski definition) is 0. The topological polar surface area (TPSA) is 64.5 Å². The summed E-state index contributed by atoms with van der Waals surface area (Å²) >= 11 is 0. The van der Waals surface area contributed by atoms with E-state index in [9.17, 15) is 4.79 Å². The van der Waals surface area contributed by atoms with Crippen LogP contribution in [0.1, 0.15) is 52.3 Å². The predicted molar refractivity (Wildman–Crippen MR) is 86.9 cm³/mol. The van der Waals surface area contributed by atoms with E-state index >= 15 is 0 Å². The zero-order valence-corrected chi connectivity index (χ0v) is 14.5. The zero-order valence-electron chi connectivity index (χ0n) is 14.5. The summed E-state index contributed by atoms with van der Waals surface area (Å²) in [5, 5.41) is 0. The Balaban J connectivity index is 1.81. The molecule has 1 amide bonds. The number of rotatable bonds is 4. The van der Waals surface area contributed by atoms with E-state index in [2.05, 4.69) is 9.97 Å². The molecule has 2 atom stereocenters. The summed E-state index contributed by atoms with van der Waals surface area (Å²) in [6.45, 7) is 9.68. The summed E-state index contributed by atoms with van der Waals surface area (Å²) in [4.78, 5) is 22.3. The molecule has 1 aromatic heterocycles. The third kappa shape index (κ3) is 5.78. The Kier molecular flexibility index (Phi) is 5.93. The Morgan fingerprint density at radius 2 is 2.22 bits per heavy atom. The summed E-state index contributed by atoms with van der Waals surface area (Å²) < 4.78 is 11.4. The first-order valence-electron chi connectivity index (χ1n) is 8.20. The number of amides is 1. The van der Waals surface area contributed by atoms with E-state index in [1.54, 1.807) is 23.5 Å².